The number of benzene rings is 2. The first kappa shape index (κ1) is 24.3. The Morgan fingerprint density at radius 1 is 0.912 bits per heavy atom. The van der Waals surface area contributed by atoms with Crippen LogP contribution in [0.3, 0.4) is 0 Å². The molecule has 2 saturated heterocycles. The summed E-state index contributed by atoms with van der Waals surface area (Å²) in [5.41, 5.74) is 0.790. The fourth-order valence-corrected chi connectivity index (χ4v) is 5.03. The molecule has 182 valence electrons. The van der Waals surface area contributed by atoms with Crippen molar-refractivity contribution in [3.63, 3.8) is 0 Å². The van der Waals surface area contributed by atoms with Crippen molar-refractivity contribution in [2.75, 3.05) is 46.0 Å². The Labute approximate surface area is 202 Å². The zero-order valence-electron chi connectivity index (χ0n) is 20.2. The zero-order chi connectivity index (χ0) is 23.8. The molecule has 2 amide bonds. The Morgan fingerprint density at radius 3 is 2.15 bits per heavy atom. The van der Waals surface area contributed by atoms with Gasteiger partial charge in [-0.1, -0.05) is 55.5 Å². The van der Waals surface area contributed by atoms with Crippen molar-refractivity contribution in [1.82, 2.24) is 9.80 Å². The molecule has 6 heteroatoms. The zero-order valence-corrected chi connectivity index (χ0v) is 20.2. The average molecular weight is 465 g/mol. The van der Waals surface area contributed by atoms with E-state index in [0.29, 0.717) is 52.4 Å². The molecule has 1 atom stereocenters. The van der Waals surface area contributed by atoms with E-state index >= 15 is 0 Å². The number of morpholine rings is 1. The van der Waals surface area contributed by atoms with Crippen LogP contribution in [0.2, 0.25) is 0 Å². The average Bonchev–Trinajstić information content (AvgIpc) is 2.90. The lowest BCUT2D eigenvalue weighted by molar-refractivity contribution is -0.141. The van der Waals surface area contributed by atoms with E-state index in [0.717, 1.165) is 30.6 Å². The van der Waals surface area contributed by atoms with Gasteiger partial charge in [-0.05, 0) is 37.0 Å². The summed E-state index contributed by atoms with van der Waals surface area (Å²) in [4.78, 5) is 30.5. The molecule has 0 radical (unpaired) electrons. The lowest BCUT2D eigenvalue weighted by Crippen LogP contribution is -2.50. The first-order valence-corrected chi connectivity index (χ1v) is 12.5. The Hall–Kier alpha value is -2.86. The van der Waals surface area contributed by atoms with E-state index in [-0.39, 0.29) is 23.1 Å². The summed E-state index contributed by atoms with van der Waals surface area (Å²) in [5, 5.41) is 0. The standard InChI is InChI=1S/C28H36N2O4/c1-2-25(23-9-5-3-6-10-23)27(32)30-15-13-28(14-16-30,22-34-24-11-7-4-8-12-24)21-26(31)29-17-19-33-20-18-29/h3-12,25H,2,13-22H2,1H3. The summed E-state index contributed by atoms with van der Waals surface area (Å²) in [6, 6.07) is 19.8. The maximum atomic E-state index is 13.4. The van der Waals surface area contributed by atoms with E-state index in [1.807, 2.05) is 70.5 Å². The van der Waals surface area contributed by atoms with Crippen LogP contribution in [0.1, 0.15) is 44.1 Å². The molecule has 1 unspecified atom stereocenters. The van der Waals surface area contributed by atoms with Gasteiger partial charge in [-0.2, -0.15) is 0 Å². The number of likely N-dealkylation sites (tertiary alicyclic amines) is 1. The maximum Gasteiger partial charge on any atom is 0.230 e. The second-order valence-electron chi connectivity index (χ2n) is 9.47. The predicted octanol–water partition coefficient (Wildman–Crippen LogP) is 4.12. The number of hydrogen-bond acceptors (Lipinski definition) is 4. The second-order valence-corrected chi connectivity index (χ2v) is 9.47. The van der Waals surface area contributed by atoms with Gasteiger partial charge in [0.15, 0.2) is 0 Å². The van der Waals surface area contributed by atoms with Gasteiger partial charge in [-0.3, -0.25) is 9.59 Å². The molecule has 4 rings (SSSR count). The maximum absolute atomic E-state index is 13.4. The predicted molar refractivity (Wildman–Crippen MR) is 132 cm³/mol. The minimum atomic E-state index is -0.281. The first-order valence-electron chi connectivity index (χ1n) is 12.5. The van der Waals surface area contributed by atoms with E-state index in [1.165, 1.54) is 0 Å². The summed E-state index contributed by atoms with van der Waals surface area (Å²) in [6.45, 7) is 6.33. The van der Waals surface area contributed by atoms with Crippen LogP contribution in [-0.4, -0.2) is 67.6 Å². The minimum Gasteiger partial charge on any atom is -0.493 e. The summed E-state index contributed by atoms with van der Waals surface area (Å²) in [6.07, 6.45) is 2.73. The molecule has 2 aliphatic heterocycles. The van der Waals surface area contributed by atoms with Gasteiger partial charge >= 0.3 is 0 Å². The Morgan fingerprint density at radius 2 is 1.53 bits per heavy atom. The van der Waals surface area contributed by atoms with Gasteiger partial charge in [0.1, 0.15) is 5.75 Å². The van der Waals surface area contributed by atoms with E-state index < -0.39 is 0 Å². The van der Waals surface area contributed by atoms with Crippen molar-refractivity contribution in [3.8, 4) is 5.75 Å². The molecular formula is C28H36N2O4. The highest BCUT2D eigenvalue weighted by Crippen LogP contribution is 2.38. The quantitative estimate of drug-likeness (QED) is 0.590. The molecular weight excluding hydrogens is 428 g/mol. The molecule has 0 aromatic heterocycles. The molecule has 2 aromatic carbocycles. The Balaban J connectivity index is 1.44. The van der Waals surface area contributed by atoms with Crippen LogP contribution < -0.4 is 4.74 Å². The summed E-state index contributed by atoms with van der Waals surface area (Å²) in [7, 11) is 0. The SMILES string of the molecule is CCC(C(=O)N1CCC(COc2ccccc2)(CC(=O)N2CCOCC2)CC1)c1ccccc1. The minimum absolute atomic E-state index is 0.121. The van der Waals surface area contributed by atoms with Crippen molar-refractivity contribution in [2.45, 2.75) is 38.5 Å². The largest absolute Gasteiger partial charge is 0.493 e. The molecule has 2 fully saturated rings. The summed E-state index contributed by atoms with van der Waals surface area (Å²) in [5.74, 6) is 1.04. The van der Waals surface area contributed by atoms with Crippen molar-refractivity contribution in [2.24, 2.45) is 5.41 Å². The molecule has 34 heavy (non-hydrogen) atoms. The second kappa shape index (κ2) is 11.5. The molecule has 2 aromatic rings. The van der Waals surface area contributed by atoms with Gasteiger partial charge in [0, 0.05) is 38.0 Å². The van der Waals surface area contributed by atoms with Gasteiger partial charge in [0.25, 0.3) is 0 Å². The summed E-state index contributed by atoms with van der Waals surface area (Å²) >= 11 is 0. The molecule has 2 aliphatic rings. The van der Waals surface area contributed by atoms with Crippen molar-refractivity contribution < 1.29 is 19.1 Å². The van der Waals surface area contributed by atoms with Gasteiger partial charge in [0.05, 0.1) is 25.7 Å². The number of para-hydroxylation sites is 1. The molecule has 6 nitrogen and oxygen atoms in total. The number of nitrogens with zero attached hydrogens (tertiary/aromatic N) is 2. The van der Waals surface area contributed by atoms with Gasteiger partial charge in [0.2, 0.25) is 11.8 Å². The van der Waals surface area contributed by atoms with E-state index in [1.54, 1.807) is 0 Å². The van der Waals surface area contributed by atoms with E-state index in [2.05, 4.69) is 6.92 Å². The molecule has 0 bridgehead atoms. The number of ether oxygens (including phenoxy) is 2. The lowest BCUT2D eigenvalue weighted by Gasteiger charge is -2.43. The smallest absolute Gasteiger partial charge is 0.230 e. The number of hydrogen-bond donors (Lipinski definition) is 0. The molecule has 0 saturated carbocycles. The third-order valence-electron chi connectivity index (χ3n) is 7.22. The number of piperidine rings is 1. The van der Waals surface area contributed by atoms with Crippen LogP contribution in [0, 0.1) is 5.41 Å². The molecule has 0 aliphatic carbocycles. The number of rotatable bonds is 8. The van der Waals surface area contributed by atoms with Crippen LogP contribution in [0.4, 0.5) is 0 Å². The number of carbonyl (C=O) groups is 2. The normalized spacial score (nSPS) is 18.9. The van der Waals surface area contributed by atoms with Crippen LogP contribution >= 0.6 is 0 Å². The Kier molecular flexibility index (Phi) is 8.22. The fraction of sp³-hybridized carbons (Fsp3) is 0.500. The van der Waals surface area contributed by atoms with E-state index in [4.69, 9.17) is 9.47 Å². The van der Waals surface area contributed by atoms with Crippen molar-refractivity contribution in [1.29, 1.82) is 0 Å². The van der Waals surface area contributed by atoms with Crippen molar-refractivity contribution in [3.05, 3.63) is 66.2 Å². The monoisotopic (exact) mass is 464 g/mol. The van der Waals surface area contributed by atoms with Crippen LogP contribution in [-0.2, 0) is 14.3 Å². The Bertz CT molecular complexity index is 920. The third kappa shape index (κ3) is 5.98. The van der Waals surface area contributed by atoms with Crippen LogP contribution in [0.25, 0.3) is 0 Å². The third-order valence-corrected chi connectivity index (χ3v) is 7.22. The first-order chi connectivity index (χ1) is 16.6. The van der Waals surface area contributed by atoms with Gasteiger partial charge in [-0.25, -0.2) is 0 Å². The molecule has 2 heterocycles. The van der Waals surface area contributed by atoms with E-state index in [9.17, 15) is 9.59 Å². The summed E-state index contributed by atoms with van der Waals surface area (Å²) < 4.78 is 11.6. The number of carbonyl (C=O) groups excluding carboxylic acids is 2. The van der Waals surface area contributed by atoms with Gasteiger partial charge < -0.3 is 19.3 Å². The molecule has 0 N–H and O–H groups in total. The highest BCUT2D eigenvalue weighted by Gasteiger charge is 2.40. The number of amides is 2. The fourth-order valence-electron chi connectivity index (χ4n) is 5.03. The molecule has 0 spiro atoms. The van der Waals surface area contributed by atoms with Crippen molar-refractivity contribution >= 4 is 11.8 Å². The highest BCUT2D eigenvalue weighted by atomic mass is 16.5. The van der Waals surface area contributed by atoms with Gasteiger partial charge in [-0.15, -0.1) is 0 Å². The lowest BCUT2D eigenvalue weighted by atomic mass is 9.75. The van der Waals surface area contributed by atoms with Crippen LogP contribution in [0.5, 0.6) is 5.75 Å². The highest BCUT2D eigenvalue weighted by molar-refractivity contribution is 5.84. The van der Waals surface area contributed by atoms with Crippen LogP contribution in [0.15, 0.2) is 60.7 Å². The topological polar surface area (TPSA) is 59.1 Å².